The summed E-state index contributed by atoms with van der Waals surface area (Å²) in [4.78, 5) is 38.1. The number of likely N-dealkylation sites (N-methyl/N-ethyl adjacent to an activating group) is 1. The molecule has 2 aliphatic rings. The van der Waals surface area contributed by atoms with Crippen LogP contribution in [-0.4, -0.2) is 53.2 Å². The van der Waals surface area contributed by atoms with Gasteiger partial charge in [0.15, 0.2) is 0 Å². The Kier molecular flexibility index (Phi) is 5.62. The molecule has 7 heteroatoms. The zero-order valence-corrected chi connectivity index (χ0v) is 17.7. The van der Waals surface area contributed by atoms with E-state index >= 15 is 0 Å². The first-order chi connectivity index (χ1) is 15.4. The molecular weight excluding hydrogens is 408 g/mol. The topological polar surface area (TPSA) is 95.9 Å². The molecule has 2 N–H and O–H groups in total. The van der Waals surface area contributed by atoms with E-state index in [0.29, 0.717) is 12.8 Å². The summed E-state index contributed by atoms with van der Waals surface area (Å²) >= 11 is 0. The minimum atomic E-state index is -1.22. The largest absolute Gasteiger partial charge is 0.479 e. The van der Waals surface area contributed by atoms with E-state index in [1.165, 1.54) is 11.9 Å². The van der Waals surface area contributed by atoms with E-state index < -0.39 is 29.6 Å². The Morgan fingerprint density at radius 2 is 1.72 bits per heavy atom. The molecule has 2 aromatic carbocycles. The fourth-order valence-corrected chi connectivity index (χ4v) is 4.36. The smallest absolute Gasteiger partial charge is 0.407 e. The van der Waals surface area contributed by atoms with Crippen LogP contribution in [0.3, 0.4) is 0 Å². The predicted octanol–water partition coefficient (Wildman–Crippen LogP) is 2.99. The molecule has 0 aliphatic heterocycles. The van der Waals surface area contributed by atoms with Crippen LogP contribution in [0.5, 0.6) is 0 Å². The normalized spacial score (nSPS) is 16.1. The second-order valence-electron chi connectivity index (χ2n) is 8.16. The van der Waals surface area contributed by atoms with Crippen LogP contribution in [0, 0.1) is 12.3 Å². The number of fused-ring (bicyclic) bond motifs is 3. The first kappa shape index (κ1) is 21.4. The highest BCUT2D eigenvalue weighted by atomic mass is 16.5. The van der Waals surface area contributed by atoms with Gasteiger partial charge in [0, 0.05) is 19.4 Å². The SMILES string of the molecule is C#CCC(NC(=O)OCC1c2ccccc2-c2ccccc21)C(=O)N(C)C1(C(=O)O)CC1. The van der Waals surface area contributed by atoms with Gasteiger partial charge in [0.2, 0.25) is 5.91 Å². The van der Waals surface area contributed by atoms with Crippen molar-refractivity contribution in [3.05, 3.63) is 59.7 Å². The number of hydrogen-bond donors (Lipinski definition) is 2. The van der Waals surface area contributed by atoms with E-state index in [-0.39, 0.29) is 18.9 Å². The Morgan fingerprint density at radius 1 is 1.16 bits per heavy atom. The number of carbonyl (C=O) groups excluding carboxylic acids is 2. The van der Waals surface area contributed by atoms with Gasteiger partial charge in [0.1, 0.15) is 18.2 Å². The van der Waals surface area contributed by atoms with Gasteiger partial charge >= 0.3 is 12.1 Å². The zero-order chi connectivity index (χ0) is 22.9. The third kappa shape index (κ3) is 3.69. The van der Waals surface area contributed by atoms with Crippen molar-refractivity contribution in [2.75, 3.05) is 13.7 Å². The molecule has 2 amide bonds. The fourth-order valence-electron chi connectivity index (χ4n) is 4.36. The molecule has 0 bridgehead atoms. The number of alkyl carbamates (subject to hydrolysis) is 1. The quantitative estimate of drug-likeness (QED) is 0.656. The predicted molar refractivity (Wildman–Crippen MR) is 118 cm³/mol. The Labute approximate surface area is 186 Å². The van der Waals surface area contributed by atoms with Crippen molar-refractivity contribution in [1.82, 2.24) is 10.2 Å². The van der Waals surface area contributed by atoms with Gasteiger partial charge in [-0.3, -0.25) is 4.79 Å². The lowest BCUT2D eigenvalue weighted by Crippen LogP contribution is -2.53. The molecule has 0 radical (unpaired) electrons. The zero-order valence-electron chi connectivity index (χ0n) is 17.7. The van der Waals surface area contributed by atoms with Crippen LogP contribution in [0.15, 0.2) is 48.5 Å². The lowest BCUT2D eigenvalue weighted by molar-refractivity contribution is -0.151. The van der Waals surface area contributed by atoms with Crippen molar-refractivity contribution in [3.63, 3.8) is 0 Å². The average Bonchev–Trinajstić information content (AvgIpc) is 3.55. The number of hydrogen-bond acceptors (Lipinski definition) is 4. The summed E-state index contributed by atoms with van der Waals surface area (Å²) in [7, 11) is 1.42. The van der Waals surface area contributed by atoms with Crippen molar-refractivity contribution in [2.24, 2.45) is 0 Å². The van der Waals surface area contributed by atoms with E-state index in [2.05, 4.69) is 11.2 Å². The van der Waals surface area contributed by atoms with Crippen LogP contribution in [0.2, 0.25) is 0 Å². The molecule has 1 saturated carbocycles. The van der Waals surface area contributed by atoms with Gasteiger partial charge in [-0.15, -0.1) is 12.3 Å². The molecule has 7 nitrogen and oxygen atoms in total. The number of aliphatic carboxylic acids is 1. The Hall–Kier alpha value is -3.79. The third-order valence-corrected chi connectivity index (χ3v) is 6.35. The van der Waals surface area contributed by atoms with Crippen LogP contribution in [-0.2, 0) is 14.3 Å². The van der Waals surface area contributed by atoms with Crippen molar-refractivity contribution < 1.29 is 24.2 Å². The van der Waals surface area contributed by atoms with Gasteiger partial charge in [-0.25, -0.2) is 9.59 Å². The number of terminal acetylenes is 1. The molecule has 0 saturated heterocycles. The highest BCUT2D eigenvalue weighted by Gasteiger charge is 2.56. The monoisotopic (exact) mass is 432 g/mol. The van der Waals surface area contributed by atoms with Crippen LogP contribution >= 0.6 is 0 Å². The molecule has 0 aromatic heterocycles. The molecule has 2 aliphatic carbocycles. The molecule has 32 heavy (non-hydrogen) atoms. The Bertz CT molecular complexity index is 1070. The number of nitrogens with zero attached hydrogens (tertiary/aromatic N) is 1. The fraction of sp³-hybridized carbons (Fsp3) is 0.320. The minimum Gasteiger partial charge on any atom is -0.479 e. The van der Waals surface area contributed by atoms with Gasteiger partial charge in [0.25, 0.3) is 0 Å². The van der Waals surface area contributed by atoms with Crippen molar-refractivity contribution in [3.8, 4) is 23.5 Å². The van der Waals surface area contributed by atoms with Gasteiger partial charge in [0.05, 0.1) is 0 Å². The molecule has 0 heterocycles. The van der Waals surface area contributed by atoms with Crippen molar-refractivity contribution in [1.29, 1.82) is 0 Å². The van der Waals surface area contributed by atoms with E-state index in [4.69, 9.17) is 11.2 Å². The maximum absolute atomic E-state index is 12.8. The molecule has 1 unspecified atom stereocenters. The standard InChI is InChI=1S/C25H24N2O5/c1-3-8-21(22(28)27(2)25(13-14-25)23(29)30)26-24(31)32-15-20-18-11-6-4-9-16(18)17-10-5-7-12-19(17)20/h1,4-7,9-12,20-21H,8,13-15H2,2H3,(H,26,31)(H,29,30). The maximum atomic E-state index is 12.8. The first-order valence-electron chi connectivity index (χ1n) is 10.4. The van der Waals surface area contributed by atoms with Crippen molar-refractivity contribution >= 4 is 18.0 Å². The van der Waals surface area contributed by atoms with E-state index in [1.807, 2.05) is 48.5 Å². The number of carboxylic acids is 1. The maximum Gasteiger partial charge on any atom is 0.407 e. The Balaban J connectivity index is 1.43. The van der Waals surface area contributed by atoms with Crippen LogP contribution < -0.4 is 5.32 Å². The summed E-state index contributed by atoms with van der Waals surface area (Å²) in [6.45, 7) is 0.103. The van der Waals surface area contributed by atoms with Gasteiger partial charge < -0.3 is 20.1 Å². The van der Waals surface area contributed by atoms with Crippen LogP contribution in [0.4, 0.5) is 4.79 Å². The summed E-state index contributed by atoms with van der Waals surface area (Å²) in [6, 6.07) is 14.9. The molecule has 164 valence electrons. The number of carboxylic acid groups (broad SMARTS) is 1. The molecule has 1 atom stereocenters. The second kappa shape index (κ2) is 8.39. The highest BCUT2D eigenvalue weighted by Crippen LogP contribution is 2.44. The first-order valence-corrected chi connectivity index (χ1v) is 10.4. The van der Waals surface area contributed by atoms with Gasteiger partial charge in [-0.2, -0.15) is 0 Å². The molecule has 2 aromatic rings. The number of benzene rings is 2. The van der Waals surface area contributed by atoms with Crippen LogP contribution in [0.1, 0.15) is 36.3 Å². The molecule has 1 fully saturated rings. The Morgan fingerprint density at radius 3 is 2.22 bits per heavy atom. The van der Waals surface area contributed by atoms with Crippen molar-refractivity contribution in [2.45, 2.75) is 36.8 Å². The highest BCUT2D eigenvalue weighted by molar-refractivity contribution is 5.93. The summed E-state index contributed by atoms with van der Waals surface area (Å²) < 4.78 is 5.49. The summed E-state index contributed by atoms with van der Waals surface area (Å²) in [5.74, 6) is 0.650. The molecule has 4 rings (SSSR count). The third-order valence-electron chi connectivity index (χ3n) is 6.35. The van der Waals surface area contributed by atoms with Crippen LogP contribution in [0.25, 0.3) is 11.1 Å². The molecule has 0 spiro atoms. The number of ether oxygens (including phenoxy) is 1. The minimum absolute atomic E-state index is 0.0664. The number of amides is 2. The van der Waals surface area contributed by atoms with Gasteiger partial charge in [-0.1, -0.05) is 48.5 Å². The summed E-state index contributed by atoms with van der Waals surface area (Å²) in [5, 5.41) is 12.0. The number of rotatable bonds is 7. The van der Waals surface area contributed by atoms with E-state index in [1.54, 1.807) is 0 Å². The van der Waals surface area contributed by atoms with E-state index in [9.17, 15) is 19.5 Å². The number of carbonyl (C=O) groups is 3. The number of nitrogens with one attached hydrogen (secondary N) is 1. The summed E-state index contributed by atoms with van der Waals surface area (Å²) in [6.07, 6.45) is 5.29. The second-order valence-corrected chi connectivity index (χ2v) is 8.16. The van der Waals surface area contributed by atoms with Gasteiger partial charge in [-0.05, 0) is 35.1 Å². The molecular formula is C25H24N2O5. The lowest BCUT2D eigenvalue weighted by Gasteiger charge is -2.28. The lowest BCUT2D eigenvalue weighted by atomic mass is 9.98. The summed E-state index contributed by atoms with van der Waals surface area (Å²) in [5.41, 5.74) is 3.17. The average molecular weight is 432 g/mol. The van der Waals surface area contributed by atoms with E-state index in [0.717, 1.165) is 22.3 Å².